The fourth-order valence-corrected chi connectivity index (χ4v) is 5.92. The van der Waals surface area contributed by atoms with Crippen molar-refractivity contribution in [3.63, 3.8) is 0 Å². The van der Waals surface area contributed by atoms with Crippen molar-refractivity contribution in [2.45, 2.75) is 85.0 Å². The Kier molecular flexibility index (Phi) is 7.67. The van der Waals surface area contributed by atoms with E-state index in [1.165, 1.54) is 4.90 Å². The van der Waals surface area contributed by atoms with Crippen LogP contribution in [0, 0.1) is 23.2 Å². The number of allylic oxidation sites excluding steroid dienone is 2. The average molecular weight is 482 g/mol. The van der Waals surface area contributed by atoms with Gasteiger partial charge in [0.15, 0.2) is 0 Å². The van der Waals surface area contributed by atoms with Crippen LogP contribution in [-0.4, -0.2) is 31.8 Å². The number of imide groups is 1. The van der Waals surface area contributed by atoms with Crippen LogP contribution in [0.2, 0.25) is 18.1 Å². The number of nitrogens with zero attached hydrogens (tertiary/aromatic N) is 1. The smallest absolute Gasteiger partial charge is 0.416 e. The van der Waals surface area contributed by atoms with Crippen LogP contribution in [0.4, 0.5) is 4.79 Å². The highest BCUT2D eigenvalue weighted by molar-refractivity contribution is 6.74. The van der Waals surface area contributed by atoms with E-state index in [4.69, 9.17) is 9.16 Å². The molecule has 1 aliphatic heterocycles. The van der Waals surface area contributed by atoms with Gasteiger partial charge in [-0.15, -0.1) is 5.92 Å². The third-order valence-electron chi connectivity index (χ3n) is 7.80. The fraction of sp³-hybridized carbons (Fsp3) is 0.571. The molecular weight excluding hydrogens is 442 g/mol. The second-order valence-electron chi connectivity index (χ2n) is 11.1. The Labute approximate surface area is 206 Å². The monoisotopic (exact) mass is 481 g/mol. The lowest BCUT2D eigenvalue weighted by molar-refractivity contribution is -0.147. The van der Waals surface area contributed by atoms with E-state index in [0.29, 0.717) is 19.4 Å². The zero-order valence-electron chi connectivity index (χ0n) is 21.8. The third-order valence-corrected chi connectivity index (χ3v) is 12.2. The molecule has 0 saturated carbocycles. The summed E-state index contributed by atoms with van der Waals surface area (Å²) in [6.45, 7) is 15.6. The van der Waals surface area contributed by atoms with E-state index in [9.17, 15) is 9.59 Å². The number of amides is 2. The molecule has 34 heavy (non-hydrogen) atoms. The Balaban J connectivity index is 1.85. The van der Waals surface area contributed by atoms with Crippen LogP contribution in [-0.2, 0) is 20.6 Å². The van der Waals surface area contributed by atoms with Crippen molar-refractivity contribution in [3.05, 3.63) is 47.2 Å². The molecule has 1 fully saturated rings. The molecule has 6 heteroatoms. The molecule has 2 aliphatic rings. The van der Waals surface area contributed by atoms with Gasteiger partial charge < -0.3 is 9.16 Å². The topological polar surface area (TPSA) is 55.8 Å². The Morgan fingerprint density at radius 1 is 1.21 bits per heavy atom. The van der Waals surface area contributed by atoms with E-state index < -0.39 is 19.8 Å². The van der Waals surface area contributed by atoms with Gasteiger partial charge in [-0.2, -0.15) is 0 Å². The first kappa shape index (κ1) is 26.1. The summed E-state index contributed by atoms with van der Waals surface area (Å²) in [6.07, 6.45) is 2.23. The highest BCUT2D eigenvalue weighted by Gasteiger charge is 2.54. The first-order chi connectivity index (χ1) is 15.9. The molecule has 1 aromatic carbocycles. The van der Waals surface area contributed by atoms with E-state index >= 15 is 0 Å². The largest absolute Gasteiger partial charge is 0.547 e. The minimum absolute atomic E-state index is 0.0846. The van der Waals surface area contributed by atoms with Gasteiger partial charge in [-0.25, -0.2) is 9.69 Å². The average Bonchev–Trinajstić information content (AvgIpc) is 2.78. The van der Waals surface area contributed by atoms with Crippen molar-refractivity contribution < 1.29 is 18.8 Å². The first-order valence-corrected chi connectivity index (χ1v) is 15.2. The summed E-state index contributed by atoms with van der Waals surface area (Å²) in [6, 6.07) is 9.52. The summed E-state index contributed by atoms with van der Waals surface area (Å²) in [7, 11) is -2.01. The van der Waals surface area contributed by atoms with Crippen LogP contribution in [0.5, 0.6) is 0 Å². The van der Waals surface area contributed by atoms with Gasteiger partial charge in [0.1, 0.15) is 6.61 Å². The van der Waals surface area contributed by atoms with Crippen LogP contribution in [0.3, 0.4) is 0 Å². The SMILES string of the molecule is CC#C[C@H]1C(C)=C(O[Si](C)(C)C(C)(C)C)CC[C@]12CCCN(C(=O)OCc1ccccc1)C2=O. The maximum atomic E-state index is 13.8. The van der Waals surface area contributed by atoms with Crippen molar-refractivity contribution in [2.75, 3.05) is 6.54 Å². The molecule has 2 atom stereocenters. The van der Waals surface area contributed by atoms with Crippen molar-refractivity contribution in [3.8, 4) is 11.8 Å². The predicted molar refractivity (Wildman–Crippen MR) is 137 cm³/mol. The van der Waals surface area contributed by atoms with Crippen molar-refractivity contribution >= 4 is 20.3 Å². The summed E-state index contributed by atoms with van der Waals surface area (Å²) < 4.78 is 12.2. The number of ether oxygens (including phenoxy) is 1. The fourth-order valence-electron chi connectivity index (χ4n) is 4.74. The van der Waals surface area contributed by atoms with Crippen LogP contribution >= 0.6 is 0 Å². The molecule has 0 aromatic heterocycles. The second-order valence-corrected chi connectivity index (χ2v) is 15.8. The quantitative estimate of drug-likeness (QED) is 0.356. The molecule has 0 bridgehead atoms. The molecule has 1 heterocycles. The summed E-state index contributed by atoms with van der Waals surface area (Å²) >= 11 is 0. The lowest BCUT2D eigenvalue weighted by atomic mass is 9.61. The number of carbonyl (C=O) groups is 2. The Bertz CT molecular complexity index is 1010. The highest BCUT2D eigenvalue weighted by atomic mass is 28.4. The maximum Gasteiger partial charge on any atom is 0.416 e. The number of benzene rings is 1. The molecule has 0 N–H and O–H groups in total. The molecule has 5 nitrogen and oxygen atoms in total. The van der Waals surface area contributed by atoms with Gasteiger partial charge in [0.2, 0.25) is 14.2 Å². The van der Waals surface area contributed by atoms with Crippen LogP contribution < -0.4 is 0 Å². The number of piperidine rings is 1. The Morgan fingerprint density at radius 2 is 1.88 bits per heavy atom. The van der Waals surface area contributed by atoms with Gasteiger partial charge in [0.25, 0.3) is 0 Å². The van der Waals surface area contributed by atoms with E-state index in [1.54, 1.807) is 0 Å². The van der Waals surface area contributed by atoms with Crippen LogP contribution in [0.25, 0.3) is 0 Å². The van der Waals surface area contributed by atoms with E-state index in [0.717, 1.165) is 29.7 Å². The van der Waals surface area contributed by atoms with Gasteiger partial charge >= 0.3 is 6.09 Å². The molecule has 1 spiro atoms. The number of hydrogen-bond acceptors (Lipinski definition) is 4. The third kappa shape index (κ3) is 5.10. The highest BCUT2D eigenvalue weighted by Crippen LogP contribution is 2.51. The molecule has 0 unspecified atom stereocenters. The lowest BCUT2D eigenvalue weighted by Gasteiger charge is -2.48. The maximum absolute atomic E-state index is 13.8. The zero-order chi connectivity index (χ0) is 25.1. The minimum atomic E-state index is -2.01. The molecular formula is C28H39NO4Si. The van der Waals surface area contributed by atoms with Crippen molar-refractivity contribution in [2.24, 2.45) is 11.3 Å². The molecule has 1 aliphatic carbocycles. The number of hydrogen-bond donors (Lipinski definition) is 0. The van der Waals surface area contributed by atoms with Crippen molar-refractivity contribution in [1.29, 1.82) is 0 Å². The molecule has 1 saturated heterocycles. The Hall–Kier alpha value is -2.52. The van der Waals surface area contributed by atoms with Gasteiger partial charge in [-0.05, 0) is 62.4 Å². The number of likely N-dealkylation sites (tertiary alicyclic amines) is 1. The number of rotatable bonds is 4. The van der Waals surface area contributed by atoms with Gasteiger partial charge in [-0.1, -0.05) is 57.0 Å². The standard InChI is InChI=1S/C28H39NO4Si/c1-8-13-23-21(2)24(33-34(6,7)27(3,4)5)16-18-28(23)17-12-19-29(25(28)30)26(31)32-20-22-14-10-9-11-15-22/h9-11,14-15,23H,12,16-20H2,1-7H3/t23-,28+/m0/s1. The normalized spacial score (nSPS) is 23.4. The second kappa shape index (κ2) is 9.99. The van der Waals surface area contributed by atoms with Gasteiger partial charge in [-0.3, -0.25) is 4.79 Å². The van der Waals surface area contributed by atoms with E-state index in [-0.39, 0.29) is 23.5 Å². The zero-order valence-corrected chi connectivity index (χ0v) is 22.8. The molecule has 0 radical (unpaired) electrons. The van der Waals surface area contributed by atoms with Gasteiger partial charge in [0, 0.05) is 13.0 Å². The summed E-state index contributed by atoms with van der Waals surface area (Å²) in [5, 5.41) is 0.0846. The molecule has 3 rings (SSSR count). The predicted octanol–water partition coefficient (Wildman–Crippen LogP) is 6.66. The summed E-state index contributed by atoms with van der Waals surface area (Å²) in [4.78, 5) is 28.1. The summed E-state index contributed by atoms with van der Waals surface area (Å²) in [5.41, 5.74) is 1.23. The van der Waals surface area contributed by atoms with E-state index in [2.05, 4.69) is 52.6 Å². The van der Waals surface area contributed by atoms with Gasteiger partial charge in [0.05, 0.1) is 17.1 Å². The number of carbonyl (C=O) groups excluding carboxylic acids is 2. The molecule has 1 aromatic rings. The lowest BCUT2D eigenvalue weighted by Crippen LogP contribution is -2.55. The van der Waals surface area contributed by atoms with Crippen LogP contribution in [0.15, 0.2) is 41.7 Å². The van der Waals surface area contributed by atoms with Crippen molar-refractivity contribution in [1.82, 2.24) is 4.90 Å². The molecule has 184 valence electrons. The minimum Gasteiger partial charge on any atom is -0.547 e. The van der Waals surface area contributed by atoms with E-state index in [1.807, 2.05) is 37.3 Å². The Morgan fingerprint density at radius 3 is 2.50 bits per heavy atom. The molecule has 2 amide bonds. The summed E-state index contributed by atoms with van der Waals surface area (Å²) in [5.74, 6) is 6.94. The van der Waals surface area contributed by atoms with Crippen LogP contribution in [0.1, 0.15) is 65.9 Å². The first-order valence-electron chi connectivity index (χ1n) is 12.3.